The summed E-state index contributed by atoms with van der Waals surface area (Å²) in [6, 6.07) is 5.31. The molecular formula is C13H15FN2O3S2. The summed E-state index contributed by atoms with van der Waals surface area (Å²) in [5.41, 5.74) is 5.75. The fourth-order valence-corrected chi connectivity index (χ4v) is 4.39. The molecule has 2 rings (SSSR count). The Bertz CT molecular complexity index is 757. The van der Waals surface area contributed by atoms with E-state index in [1.165, 1.54) is 30.6 Å². The third-order valence-electron chi connectivity index (χ3n) is 2.82. The number of thiophene rings is 1. The van der Waals surface area contributed by atoms with Gasteiger partial charge in [0.15, 0.2) is 11.6 Å². The topological polar surface area (TPSA) is 81.4 Å². The van der Waals surface area contributed by atoms with Crippen LogP contribution in [0.4, 0.5) is 10.1 Å². The van der Waals surface area contributed by atoms with Gasteiger partial charge in [0.2, 0.25) is 0 Å². The Morgan fingerprint density at radius 2 is 2.10 bits per heavy atom. The second-order valence-electron chi connectivity index (χ2n) is 4.29. The van der Waals surface area contributed by atoms with Crippen LogP contribution in [0.5, 0.6) is 5.75 Å². The molecule has 0 radical (unpaired) electrons. The lowest BCUT2D eigenvalue weighted by atomic mass is 10.3. The number of ether oxygens (including phenoxy) is 1. The maximum Gasteiger partial charge on any atom is 0.263 e. The van der Waals surface area contributed by atoms with Crippen LogP contribution < -0.4 is 15.2 Å². The molecule has 0 unspecified atom stereocenters. The van der Waals surface area contributed by atoms with Crippen molar-refractivity contribution in [3.05, 3.63) is 39.8 Å². The molecule has 0 atom stereocenters. The highest BCUT2D eigenvalue weighted by Gasteiger charge is 2.20. The summed E-state index contributed by atoms with van der Waals surface area (Å²) < 4.78 is 45.3. The van der Waals surface area contributed by atoms with Crippen LogP contribution in [0.2, 0.25) is 0 Å². The van der Waals surface area contributed by atoms with Gasteiger partial charge in [-0.2, -0.15) is 0 Å². The van der Waals surface area contributed by atoms with Crippen LogP contribution in [0.3, 0.4) is 0 Å². The van der Waals surface area contributed by atoms with Crippen molar-refractivity contribution in [3.8, 4) is 5.75 Å². The van der Waals surface area contributed by atoms with E-state index < -0.39 is 15.8 Å². The largest absolute Gasteiger partial charge is 0.494 e. The molecule has 0 aliphatic heterocycles. The van der Waals surface area contributed by atoms with Gasteiger partial charge < -0.3 is 10.5 Å². The van der Waals surface area contributed by atoms with Crippen LogP contribution in [0, 0.1) is 12.7 Å². The van der Waals surface area contributed by atoms with Crippen LogP contribution in [-0.2, 0) is 16.6 Å². The molecule has 114 valence electrons. The van der Waals surface area contributed by atoms with Gasteiger partial charge in [-0.25, -0.2) is 12.8 Å². The molecule has 0 bridgehead atoms. The van der Waals surface area contributed by atoms with Crippen LogP contribution in [0.25, 0.3) is 0 Å². The molecule has 0 aliphatic rings. The molecule has 0 spiro atoms. The van der Waals surface area contributed by atoms with Crippen molar-refractivity contribution < 1.29 is 17.5 Å². The maximum atomic E-state index is 13.3. The van der Waals surface area contributed by atoms with E-state index in [1.807, 2.05) is 0 Å². The van der Waals surface area contributed by atoms with Gasteiger partial charge in [-0.1, -0.05) is 0 Å². The summed E-state index contributed by atoms with van der Waals surface area (Å²) in [7, 11) is -2.43. The van der Waals surface area contributed by atoms with Gasteiger partial charge in [0.1, 0.15) is 4.90 Å². The summed E-state index contributed by atoms with van der Waals surface area (Å²) in [4.78, 5) is 1.61. The second kappa shape index (κ2) is 6.00. The summed E-state index contributed by atoms with van der Waals surface area (Å²) in [6.07, 6.45) is 0. The normalized spacial score (nSPS) is 11.4. The standard InChI is InChI=1S/C13H15FN2O3S2/c1-8-13(6-10(7-15)20-8)21(17,18)16-9-3-4-11(14)12(5-9)19-2/h3-6,16H,7,15H2,1-2H3. The molecule has 8 heteroatoms. The zero-order valence-corrected chi connectivity index (χ0v) is 13.1. The van der Waals surface area contributed by atoms with Gasteiger partial charge in [-0.15, -0.1) is 11.3 Å². The number of halogens is 1. The summed E-state index contributed by atoms with van der Waals surface area (Å²) >= 11 is 1.33. The molecule has 1 aromatic heterocycles. The molecule has 21 heavy (non-hydrogen) atoms. The van der Waals surface area contributed by atoms with E-state index in [1.54, 1.807) is 13.0 Å². The molecule has 0 saturated carbocycles. The smallest absolute Gasteiger partial charge is 0.263 e. The Morgan fingerprint density at radius 3 is 2.67 bits per heavy atom. The average Bonchev–Trinajstić information content (AvgIpc) is 2.83. The number of anilines is 1. The van der Waals surface area contributed by atoms with Crippen LogP contribution in [0.15, 0.2) is 29.2 Å². The Kier molecular flexibility index (Phi) is 4.50. The lowest BCUT2D eigenvalue weighted by Gasteiger charge is -2.09. The van der Waals surface area contributed by atoms with E-state index in [9.17, 15) is 12.8 Å². The first-order valence-electron chi connectivity index (χ1n) is 6.03. The Labute approximate surface area is 126 Å². The van der Waals surface area contributed by atoms with Crippen LogP contribution in [-0.4, -0.2) is 15.5 Å². The molecule has 1 heterocycles. The maximum absolute atomic E-state index is 13.3. The minimum atomic E-state index is -3.74. The van der Waals surface area contributed by atoms with Gasteiger partial charge in [-0.05, 0) is 25.1 Å². The predicted molar refractivity (Wildman–Crippen MR) is 80.7 cm³/mol. The minimum absolute atomic E-state index is 0.0279. The van der Waals surface area contributed by atoms with E-state index in [-0.39, 0.29) is 22.9 Å². The van der Waals surface area contributed by atoms with E-state index in [2.05, 4.69) is 4.72 Å². The monoisotopic (exact) mass is 330 g/mol. The number of nitrogens with two attached hydrogens (primary N) is 1. The first-order valence-corrected chi connectivity index (χ1v) is 8.33. The van der Waals surface area contributed by atoms with Gasteiger partial charge in [0, 0.05) is 22.4 Å². The SMILES string of the molecule is COc1cc(NS(=O)(=O)c2cc(CN)sc2C)ccc1F. The Morgan fingerprint density at radius 1 is 1.38 bits per heavy atom. The third-order valence-corrected chi connectivity index (χ3v) is 5.53. The number of sulfonamides is 1. The van der Waals surface area contributed by atoms with Crippen molar-refractivity contribution in [1.29, 1.82) is 0 Å². The lowest BCUT2D eigenvalue weighted by molar-refractivity contribution is 0.387. The summed E-state index contributed by atoms with van der Waals surface area (Å²) in [5, 5.41) is 0. The highest BCUT2D eigenvalue weighted by Crippen LogP contribution is 2.28. The Hall–Kier alpha value is -1.64. The molecule has 0 saturated heterocycles. The third kappa shape index (κ3) is 3.34. The molecule has 0 amide bonds. The van der Waals surface area contributed by atoms with E-state index in [4.69, 9.17) is 10.5 Å². The first kappa shape index (κ1) is 15.7. The van der Waals surface area contributed by atoms with Crippen molar-refractivity contribution in [3.63, 3.8) is 0 Å². The predicted octanol–water partition coefficient (Wildman–Crippen LogP) is 2.46. The Balaban J connectivity index is 2.35. The molecular weight excluding hydrogens is 315 g/mol. The summed E-state index contributed by atoms with van der Waals surface area (Å²) in [5.74, 6) is -0.586. The highest BCUT2D eigenvalue weighted by molar-refractivity contribution is 7.93. The fraction of sp³-hybridized carbons (Fsp3) is 0.231. The van der Waals surface area contributed by atoms with Gasteiger partial charge in [0.25, 0.3) is 10.0 Å². The minimum Gasteiger partial charge on any atom is -0.494 e. The van der Waals surface area contributed by atoms with Crippen molar-refractivity contribution in [2.75, 3.05) is 11.8 Å². The highest BCUT2D eigenvalue weighted by atomic mass is 32.2. The second-order valence-corrected chi connectivity index (χ2v) is 7.28. The first-order chi connectivity index (χ1) is 9.87. The molecule has 2 aromatic rings. The number of benzene rings is 1. The molecule has 1 aromatic carbocycles. The van der Waals surface area contributed by atoms with Crippen molar-refractivity contribution >= 4 is 27.0 Å². The molecule has 0 fully saturated rings. The zero-order valence-electron chi connectivity index (χ0n) is 11.5. The lowest BCUT2D eigenvalue weighted by Crippen LogP contribution is -2.13. The van der Waals surface area contributed by atoms with Gasteiger partial charge in [-0.3, -0.25) is 4.72 Å². The van der Waals surface area contributed by atoms with Crippen molar-refractivity contribution in [2.24, 2.45) is 5.73 Å². The van der Waals surface area contributed by atoms with E-state index >= 15 is 0 Å². The van der Waals surface area contributed by atoms with E-state index in [0.29, 0.717) is 4.88 Å². The number of nitrogens with one attached hydrogen (secondary N) is 1. The molecule has 0 aliphatic carbocycles. The summed E-state index contributed by atoms with van der Waals surface area (Å²) in [6.45, 7) is 2.00. The number of rotatable bonds is 5. The molecule has 3 N–H and O–H groups in total. The molecule has 5 nitrogen and oxygen atoms in total. The van der Waals surface area contributed by atoms with Gasteiger partial charge >= 0.3 is 0 Å². The van der Waals surface area contributed by atoms with Crippen LogP contribution >= 0.6 is 11.3 Å². The fourth-order valence-electron chi connectivity index (χ4n) is 1.83. The van der Waals surface area contributed by atoms with Crippen molar-refractivity contribution in [2.45, 2.75) is 18.4 Å². The number of hydrogen-bond donors (Lipinski definition) is 2. The number of aryl methyl sites for hydroxylation is 1. The van der Waals surface area contributed by atoms with Crippen molar-refractivity contribution in [1.82, 2.24) is 0 Å². The number of hydrogen-bond acceptors (Lipinski definition) is 5. The van der Waals surface area contributed by atoms with Crippen LogP contribution in [0.1, 0.15) is 9.75 Å². The quantitative estimate of drug-likeness (QED) is 0.882. The number of methoxy groups -OCH3 is 1. The van der Waals surface area contributed by atoms with Gasteiger partial charge in [0.05, 0.1) is 12.8 Å². The van der Waals surface area contributed by atoms with E-state index in [0.717, 1.165) is 10.9 Å². The average molecular weight is 330 g/mol. The zero-order chi connectivity index (χ0) is 15.6.